The predicted octanol–water partition coefficient (Wildman–Crippen LogP) is 3.02. The van der Waals surface area contributed by atoms with E-state index in [0.717, 1.165) is 25.0 Å². The van der Waals surface area contributed by atoms with Crippen molar-refractivity contribution in [2.75, 3.05) is 0 Å². The molecule has 3 heteroatoms. The molecule has 2 unspecified atom stereocenters. The topological polar surface area (TPSA) is 46.5 Å². The quantitative estimate of drug-likeness (QED) is 0.874. The molecule has 2 atom stereocenters. The molecule has 0 bridgehead atoms. The normalized spacial score (nSPS) is 24.3. The molecular formula is C14H18O3. The number of hydrogen-bond acceptors (Lipinski definition) is 2. The van der Waals surface area contributed by atoms with Gasteiger partial charge in [-0.3, -0.25) is 4.79 Å². The molecule has 17 heavy (non-hydrogen) atoms. The van der Waals surface area contributed by atoms with Gasteiger partial charge in [-0.05, 0) is 44.7 Å². The van der Waals surface area contributed by atoms with Crippen LogP contribution in [0.15, 0.2) is 24.3 Å². The standard InChI is InChI=1S/C14H18O3/c1-10-5-7-12(8-6-10)17-13-4-2-3-11(9-13)14(15)16/h5-8,11,13H,2-4,9H2,1H3,(H,15,16). The van der Waals surface area contributed by atoms with Gasteiger partial charge in [0.2, 0.25) is 0 Å². The number of hydrogen-bond donors (Lipinski definition) is 1. The lowest BCUT2D eigenvalue weighted by Gasteiger charge is -2.27. The summed E-state index contributed by atoms with van der Waals surface area (Å²) in [4.78, 5) is 10.9. The Morgan fingerprint density at radius 1 is 1.29 bits per heavy atom. The van der Waals surface area contributed by atoms with Crippen molar-refractivity contribution in [2.45, 2.75) is 38.7 Å². The largest absolute Gasteiger partial charge is 0.490 e. The SMILES string of the molecule is Cc1ccc(OC2CCCC(C(=O)O)C2)cc1. The van der Waals surface area contributed by atoms with Gasteiger partial charge in [-0.25, -0.2) is 0 Å². The molecule has 1 aromatic rings. The Morgan fingerprint density at radius 3 is 2.65 bits per heavy atom. The Bertz CT molecular complexity index is 383. The highest BCUT2D eigenvalue weighted by atomic mass is 16.5. The molecule has 3 nitrogen and oxygen atoms in total. The van der Waals surface area contributed by atoms with Gasteiger partial charge in [0, 0.05) is 0 Å². The van der Waals surface area contributed by atoms with Gasteiger partial charge in [0.05, 0.1) is 12.0 Å². The van der Waals surface area contributed by atoms with Gasteiger partial charge in [0.25, 0.3) is 0 Å². The minimum atomic E-state index is -0.692. The van der Waals surface area contributed by atoms with Gasteiger partial charge in [-0.2, -0.15) is 0 Å². The fraction of sp³-hybridized carbons (Fsp3) is 0.500. The molecule has 1 aliphatic rings. The number of ether oxygens (including phenoxy) is 1. The van der Waals surface area contributed by atoms with Gasteiger partial charge in [0.15, 0.2) is 0 Å². The fourth-order valence-corrected chi connectivity index (χ4v) is 2.29. The van der Waals surface area contributed by atoms with Gasteiger partial charge in [-0.15, -0.1) is 0 Å². The van der Waals surface area contributed by atoms with Crippen molar-refractivity contribution in [2.24, 2.45) is 5.92 Å². The number of carbonyl (C=O) groups is 1. The van der Waals surface area contributed by atoms with E-state index in [-0.39, 0.29) is 12.0 Å². The average Bonchev–Trinajstić information content (AvgIpc) is 2.32. The van der Waals surface area contributed by atoms with E-state index in [1.54, 1.807) is 0 Å². The first-order valence-corrected chi connectivity index (χ1v) is 6.11. The summed E-state index contributed by atoms with van der Waals surface area (Å²) < 4.78 is 5.83. The summed E-state index contributed by atoms with van der Waals surface area (Å²) in [5.74, 6) is -0.0898. The highest BCUT2D eigenvalue weighted by Crippen LogP contribution is 2.28. The Labute approximate surface area is 101 Å². The molecule has 1 aliphatic carbocycles. The van der Waals surface area contributed by atoms with Crippen molar-refractivity contribution in [3.63, 3.8) is 0 Å². The minimum Gasteiger partial charge on any atom is -0.490 e. The number of carboxylic acids is 1. The summed E-state index contributed by atoms with van der Waals surface area (Å²) in [6.07, 6.45) is 3.35. The van der Waals surface area contributed by atoms with Crippen LogP contribution in [0.5, 0.6) is 5.75 Å². The Balaban J connectivity index is 1.94. The van der Waals surface area contributed by atoms with Crippen LogP contribution in [0.25, 0.3) is 0 Å². The maximum atomic E-state index is 10.9. The van der Waals surface area contributed by atoms with Gasteiger partial charge < -0.3 is 9.84 Å². The van der Waals surface area contributed by atoms with Crippen LogP contribution in [0.4, 0.5) is 0 Å². The second-order valence-corrected chi connectivity index (χ2v) is 4.75. The predicted molar refractivity (Wildman–Crippen MR) is 65.2 cm³/mol. The fourth-order valence-electron chi connectivity index (χ4n) is 2.29. The van der Waals surface area contributed by atoms with E-state index in [9.17, 15) is 4.79 Å². The lowest BCUT2D eigenvalue weighted by atomic mass is 9.87. The summed E-state index contributed by atoms with van der Waals surface area (Å²) in [7, 11) is 0. The molecule has 0 heterocycles. The lowest BCUT2D eigenvalue weighted by molar-refractivity contribution is -0.143. The van der Waals surface area contributed by atoms with Gasteiger partial charge in [0.1, 0.15) is 5.75 Å². The molecular weight excluding hydrogens is 216 g/mol. The molecule has 0 amide bonds. The number of benzene rings is 1. The summed E-state index contributed by atoms with van der Waals surface area (Å²) >= 11 is 0. The third-order valence-electron chi connectivity index (χ3n) is 3.30. The van der Waals surface area contributed by atoms with E-state index in [4.69, 9.17) is 9.84 Å². The Kier molecular flexibility index (Phi) is 3.67. The van der Waals surface area contributed by atoms with Crippen LogP contribution in [0, 0.1) is 12.8 Å². The van der Waals surface area contributed by atoms with Crippen LogP contribution in [0.1, 0.15) is 31.2 Å². The van der Waals surface area contributed by atoms with Crippen LogP contribution < -0.4 is 4.74 Å². The van der Waals surface area contributed by atoms with Crippen molar-refractivity contribution in [1.82, 2.24) is 0 Å². The van der Waals surface area contributed by atoms with Crippen LogP contribution in [0.3, 0.4) is 0 Å². The Hall–Kier alpha value is -1.51. The van der Waals surface area contributed by atoms with Crippen LogP contribution in [-0.4, -0.2) is 17.2 Å². The molecule has 0 aromatic heterocycles. The Morgan fingerprint density at radius 2 is 2.00 bits per heavy atom. The van der Waals surface area contributed by atoms with Crippen molar-refractivity contribution >= 4 is 5.97 Å². The molecule has 92 valence electrons. The van der Waals surface area contributed by atoms with E-state index >= 15 is 0 Å². The first-order valence-electron chi connectivity index (χ1n) is 6.11. The molecule has 0 aliphatic heterocycles. The zero-order valence-electron chi connectivity index (χ0n) is 10.1. The lowest BCUT2D eigenvalue weighted by Crippen LogP contribution is -2.29. The molecule has 0 radical (unpaired) electrons. The molecule has 0 spiro atoms. The van der Waals surface area contributed by atoms with E-state index in [1.165, 1.54) is 5.56 Å². The van der Waals surface area contributed by atoms with E-state index in [2.05, 4.69) is 0 Å². The third kappa shape index (κ3) is 3.22. The maximum Gasteiger partial charge on any atom is 0.306 e. The van der Waals surface area contributed by atoms with Crippen molar-refractivity contribution in [1.29, 1.82) is 0 Å². The molecule has 1 N–H and O–H groups in total. The third-order valence-corrected chi connectivity index (χ3v) is 3.30. The van der Waals surface area contributed by atoms with E-state index < -0.39 is 5.97 Å². The van der Waals surface area contributed by atoms with Gasteiger partial charge in [-0.1, -0.05) is 17.7 Å². The maximum absolute atomic E-state index is 10.9. The van der Waals surface area contributed by atoms with Crippen LogP contribution in [0.2, 0.25) is 0 Å². The zero-order valence-corrected chi connectivity index (χ0v) is 10.1. The monoisotopic (exact) mass is 234 g/mol. The molecule has 1 fully saturated rings. The van der Waals surface area contributed by atoms with E-state index in [0.29, 0.717) is 6.42 Å². The summed E-state index contributed by atoms with van der Waals surface area (Å²) in [6, 6.07) is 7.90. The first kappa shape index (κ1) is 12.0. The molecule has 2 rings (SSSR count). The zero-order chi connectivity index (χ0) is 12.3. The number of aliphatic carboxylic acids is 1. The highest BCUT2D eigenvalue weighted by Gasteiger charge is 2.27. The summed E-state index contributed by atoms with van der Waals surface area (Å²) in [6.45, 7) is 2.03. The number of aryl methyl sites for hydroxylation is 1. The second-order valence-electron chi connectivity index (χ2n) is 4.75. The summed E-state index contributed by atoms with van der Waals surface area (Å²) in [5, 5.41) is 9.00. The van der Waals surface area contributed by atoms with Crippen molar-refractivity contribution < 1.29 is 14.6 Å². The van der Waals surface area contributed by atoms with Crippen LogP contribution in [-0.2, 0) is 4.79 Å². The average molecular weight is 234 g/mol. The summed E-state index contributed by atoms with van der Waals surface area (Å²) in [5.41, 5.74) is 1.20. The smallest absolute Gasteiger partial charge is 0.306 e. The van der Waals surface area contributed by atoms with Crippen molar-refractivity contribution in [3.8, 4) is 5.75 Å². The second kappa shape index (κ2) is 5.21. The minimum absolute atomic E-state index is 0.0487. The molecule has 0 saturated heterocycles. The van der Waals surface area contributed by atoms with Crippen molar-refractivity contribution in [3.05, 3.63) is 29.8 Å². The van der Waals surface area contributed by atoms with E-state index in [1.807, 2.05) is 31.2 Å². The van der Waals surface area contributed by atoms with Gasteiger partial charge >= 0.3 is 5.97 Å². The first-order chi connectivity index (χ1) is 8.15. The van der Waals surface area contributed by atoms with Crippen LogP contribution >= 0.6 is 0 Å². The molecule has 1 saturated carbocycles. The molecule has 1 aromatic carbocycles. The highest BCUT2D eigenvalue weighted by molar-refractivity contribution is 5.70. The number of carboxylic acid groups (broad SMARTS) is 1. The number of rotatable bonds is 3.